The number of anilines is 1. The van der Waals surface area contributed by atoms with E-state index in [9.17, 15) is 4.79 Å². The maximum Gasteiger partial charge on any atom is 0.223 e. The number of hydrogen-bond donors (Lipinski definition) is 2. The zero-order valence-electron chi connectivity index (χ0n) is 8.67. The summed E-state index contributed by atoms with van der Waals surface area (Å²) in [7, 11) is 0. The summed E-state index contributed by atoms with van der Waals surface area (Å²) in [6.07, 6.45) is 0. The summed E-state index contributed by atoms with van der Waals surface area (Å²) in [4.78, 5) is 10.8. The van der Waals surface area contributed by atoms with Crippen molar-refractivity contribution in [3.05, 3.63) is 22.2 Å². The summed E-state index contributed by atoms with van der Waals surface area (Å²) >= 11 is 11.8. The summed E-state index contributed by atoms with van der Waals surface area (Å²) in [5.74, 6) is -0.544. The van der Waals surface area contributed by atoms with Crippen molar-refractivity contribution < 1.29 is 9.53 Å². The van der Waals surface area contributed by atoms with Crippen LogP contribution in [0.15, 0.2) is 12.1 Å². The number of rotatable bonds is 4. The minimum absolute atomic E-state index is 0.124. The van der Waals surface area contributed by atoms with E-state index in [4.69, 9.17) is 39.4 Å². The Morgan fingerprint density at radius 2 is 1.94 bits per heavy atom. The van der Waals surface area contributed by atoms with Gasteiger partial charge in [0, 0.05) is 5.69 Å². The van der Waals surface area contributed by atoms with Gasteiger partial charge in [0.05, 0.1) is 22.6 Å². The molecule has 0 radical (unpaired) electrons. The van der Waals surface area contributed by atoms with E-state index >= 15 is 0 Å². The molecule has 88 valence electrons. The van der Waals surface area contributed by atoms with Crippen LogP contribution < -0.4 is 16.2 Å². The highest BCUT2D eigenvalue weighted by atomic mass is 35.5. The summed E-state index contributed by atoms with van der Waals surface area (Å²) in [5, 5.41) is 0.614. The Bertz CT molecular complexity index is 387. The van der Waals surface area contributed by atoms with E-state index in [1.165, 1.54) is 12.1 Å². The van der Waals surface area contributed by atoms with Crippen molar-refractivity contribution >= 4 is 34.8 Å². The minimum atomic E-state index is -0.442. The van der Waals surface area contributed by atoms with E-state index in [1.807, 2.05) is 0 Å². The van der Waals surface area contributed by atoms with Gasteiger partial charge in [-0.15, -0.1) is 0 Å². The molecule has 0 bridgehead atoms. The summed E-state index contributed by atoms with van der Waals surface area (Å²) in [6, 6.07) is 3.05. The van der Waals surface area contributed by atoms with E-state index < -0.39 is 11.8 Å². The number of hydrogen-bond acceptors (Lipinski definition) is 3. The van der Waals surface area contributed by atoms with Crippen molar-refractivity contribution in [1.29, 1.82) is 0 Å². The molecule has 1 amide bonds. The smallest absolute Gasteiger partial charge is 0.223 e. The Morgan fingerprint density at radius 3 is 2.38 bits per heavy atom. The fraction of sp³-hybridized carbons (Fsp3) is 0.300. The molecule has 0 aliphatic rings. The first kappa shape index (κ1) is 12.9. The van der Waals surface area contributed by atoms with Gasteiger partial charge in [-0.1, -0.05) is 30.1 Å². The first-order chi connectivity index (χ1) is 7.41. The molecule has 1 atom stereocenters. The van der Waals surface area contributed by atoms with Crippen LogP contribution in [-0.4, -0.2) is 12.5 Å². The van der Waals surface area contributed by atoms with Crippen molar-refractivity contribution in [3.63, 3.8) is 0 Å². The molecule has 0 spiro atoms. The molecule has 1 unspecified atom stereocenters. The highest BCUT2D eigenvalue weighted by Gasteiger charge is 2.13. The normalized spacial score (nSPS) is 12.2. The molecule has 0 saturated carbocycles. The van der Waals surface area contributed by atoms with Gasteiger partial charge in [-0.05, 0) is 12.1 Å². The van der Waals surface area contributed by atoms with Crippen molar-refractivity contribution in [1.82, 2.24) is 0 Å². The van der Waals surface area contributed by atoms with Crippen molar-refractivity contribution in [3.8, 4) is 5.75 Å². The average Bonchev–Trinajstić information content (AvgIpc) is 2.15. The Balaban J connectivity index is 2.78. The molecule has 4 nitrogen and oxygen atoms in total. The SMILES string of the molecule is CC(COc1c(Cl)cc(N)cc1Cl)C(N)=O. The van der Waals surface area contributed by atoms with Gasteiger partial charge >= 0.3 is 0 Å². The quantitative estimate of drug-likeness (QED) is 0.816. The molecule has 1 rings (SSSR count). The van der Waals surface area contributed by atoms with Gasteiger partial charge < -0.3 is 16.2 Å². The largest absolute Gasteiger partial charge is 0.490 e. The minimum Gasteiger partial charge on any atom is -0.490 e. The third-order valence-electron chi connectivity index (χ3n) is 1.98. The lowest BCUT2D eigenvalue weighted by Gasteiger charge is -2.13. The van der Waals surface area contributed by atoms with Crippen LogP contribution in [0.3, 0.4) is 0 Å². The van der Waals surface area contributed by atoms with Crippen LogP contribution in [0.25, 0.3) is 0 Å². The first-order valence-corrected chi connectivity index (χ1v) is 5.34. The first-order valence-electron chi connectivity index (χ1n) is 4.58. The molecule has 4 N–H and O–H groups in total. The Labute approximate surface area is 103 Å². The second-order valence-electron chi connectivity index (χ2n) is 3.43. The number of ether oxygens (including phenoxy) is 1. The summed E-state index contributed by atoms with van der Waals surface area (Å²) in [6.45, 7) is 1.78. The van der Waals surface area contributed by atoms with Crippen molar-refractivity contribution in [2.45, 2.75) is 6.92 Å². The van der Waals surface area contributed by atoms with Crippen LogP contribution in [0.2, 0.25) is 10.0 Å². The lowest BCUT2D eigenvalue weighted by molar-refractivity contribution is -0.122. The van der Waals surface area contributed by atoms with Gasteiger partial charge in [0.25, 0.3) is 0 Å². The van der Waals surface area contributed by atoms with Gasteiger partial charge in [0.15, 0.2) is 5.75 Å². The van der Waals surface area contributed by atoms with Gasteiger partial charge in [0.1, 0.15) is 0 Å². The zero-order chi connectivity index (χ0) is 12.3. The van der Waals surface area contributed by atoms with Gasteiger partial charge in [-0.3, -0.25) is 4.79 Å². The summed E-state index contributed by atoms with van der Waals surface area (Å²) in [5.41, 5.74) is 11.1. The van der Waals surface area contributed by atoms with Crippen LogP contribution >= 0.6 is 23.2 Å². The van der Waals surface area contributed by atoms with Gasteiger partial charge in [-0.25, -0.2) is 0 Å². The van der Waals surface area contributed by atoms with E-state index in [0.717, 1.165) is 0 Å². The maximum atomic E-state index is 10.8. The van der Waals surface area contributed by atoms with Crippen molar-refractivity contribution in [2.24, 2.45) is 11.7 Å². The molecular weight excluding hydrogens is 251 g/mol. The molecule has 1 aromatic rings. The molecule has 0 heterocycles. The molecule has 0 aromatic heterocycles. The predicted octanol–water partition coefficient (Wildman–Crippen LogP) is 2.08. The highest BCUT2D eigenvalue weighted by Crippen LogP contribution is 2.35. The van der Waals surface area contributed by atoms with E-state index in [2.05, 4.69) is 0 Å². The Kier molecular flexibility index (Phi) is 4.26. The van der Waals surface area contributed by atoms with Crippen molar-refractivity contribution in [2.75, 3.05) is 12.3 Å². The number of amides is 1. The topological polar surface area (TPSA) is 78.3 Å². The van der Waals surface area contributed by atoms with E-state index in [0.29, 0.717) is 21.5 Å². The standard InChI is InChI=1S/C10H12Cl2N2O2/c1-5(10(14)15)4-16-9-7(11)2-6(13)3-8(9)12/h2-3,5H,4,13H2,1H3,(H2,14,15). The van der Waals surface area contributed by atoms with Gasteiger partial charge in [-0.2, -0.15) is 0 Å². The van der Waals surface area contributed by atoms with Crippen LogP contribution in [-0.2, 0) is 4.79 Å². The monoisotopic (exact) mass is 262 g/mol. The van der Waals surface area contributed by atoms with Crippen LogP contribution in [0, 0.1) is 5.92 Å². The van der Waals surface area contributed by atoms with Crippen LogP contribution in [0.1, 0.15) is 6.92 Å². The Hall–Kier alpha value is -1.13. The summed E-state index contributed by atoms with van der Waals surface area (Å²) < 4.78 is 5.33. The number of carbonyl (C=O) groups excluding carboxylic acids is 1. The Morgan fingerprint density at radius 1 is 1.44 bits per heavy atom. The molecule has 6 heteroatoms. The number of primary amides is 1. The molecule has 0 saturated heterocycles. The predicted molar refractivity (Wildman–Crippen MR) is 64.7 cm³/mol. The number of benzene rings is 1. The third-order valence-corrected chi connectivity index (χ3v) is 2.55. The van der Waals surface area contributed by atoms with E-state index in [-0.39, 0.29) is 6.61 Å². The average molecular weight is 263 g/mol. The maximum absolute atomic E-state index is 10.8. The number of halogens is 2. The zero-order valence-corrected chi connectivity index (χ0v) is 10.2. The molecule has 1 aromatic carbocycles. The lowest BCUT2D eigenvalue weighted by atomic mass is 10.2. The lowest BCUT2D eigenvalue weighted by Crippen LogP contribution is -2.25. The molecule has 0 aliphatic carbocycles. The second kappa shape index (κ2) is 5.27. The third kappa shape index (κ3) is 3.18. The fourth-order valence-corrected chi connectivity index (χ4v) is 1.62. The molecule has 0 fully saturated rings. The van der Waals surface area contributed by atoms with E-state index in [1.54, 1.807) is 6.92 Å². The number of nitrogens with two attached hydrogens (primary N) is 2. The number of nitrogen functional groups attached to an aromatic ring is 1. The van der Waals surface area contributed by atoms with Gasteiger partial charge in [0.2, 0.25) is 5.91 Å². The molecule has 0 aliphatic heterocycles. The highest BCUT2D eigenvalue weighted by molar-refractivity contribution is 6.37. The molecule has 16 heavy (non-hydrogen) atoms. The van der Waals surface area contributed by atoms with Crippen LogP contribution in [0.5, 0.6) is 5.75 Å². The fourth-order valence-electron chi connectivity index (χ4n) is 1.01. The second-order valence-corrected chi connectivity index (χ2v) is 4.24. The van der Waals surface area contributed by atoms with Crippen LogP contribution in [0.4, 0.5) is 5.69 Å². The molecular formula is C10H12Cl2N2O2. The number of carbonyl (C=O) groups is 1.